The monoisotopic (exact) mass is 332 g/mol. The second-order valence-electron chi connectivity index (χ2n) is 4.73. The first-order valence-electron chi connectivity index (χ1n) is 7.96. The molecule has 0 aliphatic rings. The minimum Gasteiger partial charge on any atom is -0.387 e. The normalized spacial score (nSPS) is 10.5. The first-order chi connectivity index (χ1) is 10.8. The van der Waals surface area contributed by atoms with Gasteiger partial charge in [-0.15, -0.1) is 0 Å². The first kappa shape index (κ1) is 23.8. The van der Waals surface area contributed by atoms with Crippen molar-refractivity contribution in [3.8, 4) is 0 Å². The van der Waals surface area contributed by atoms with Crippen molar-refractivity contribution < 1.29 is 13.2 Å². The van der Waals surface area contributed by atoms with Crippen molar-refractivity contribution in [1.29, 1.82) is 0 Å². The number of rotatable bonds is 5. The summed E-state index contributed by atoms with van der Waals surface area (Å²) in [5, 5.41) is 5.77. The Morgan fingerprint density at radius 1 is 1.09 bits per heavy atom. The van der Waals surface area contributed by atoms with E-state index in [-0.39, 0.29) is 0 Å². The van der Waals surface area contributed by atoms with Gasteiger partial charge in [-0.2, -0.15) is 13.2 Å². The van der Waals surface area contributed by atoms with Crippen LogP contribution in [-0.4, -0.2) is 19.8 Å². The highest BCUT2D eigenvalue weighted by Gasteiger charge is 2.24. The maximum absolute atomic E-state index is 11.8. The van der Waals surface area contributed by atoms with Gasteiger partial charge in [-0.05, 0) is 50.3 Å². The van der Waals surface area contributed by atoms with Crippen LogP contribution in [0.5, 0.6) is 0 Å². The molecule has 0 amide bonds. The second kappa shape index (κ2) is 14.1. The van der Waals surface area contributed by atoms with Crippen molar-refractivity contribution in [3.63, 3.8) is 0 Å². The molecule has 1 aromatic rings. The molecule has 0 heterocycles. The van der Waals surface area contributed by atoms with E-state index in [1.54, 1.807) is 0 Å². The van der Waals surface area contributed by atoms with Crippen molar-refractivity contribution in [3.05, 3.63) is 47.2 Å². The molecule has 0 radical (unpaired) electrons. The zero-order valence-corrected chi connectivity index (χ0v) is 15.1. The zero-order valence-electron chi connectivity index (χ0n) is 15.1. The lowest BCUT2D eigenvalue weighted by Crippen LogP contribution is -2.07. The van der Waals surface area contributed by atoms with Crippen LogP contribution in [0.3, 0.4) is 0 Å². The Bertz CT molecular complexity index is 425. The predicted molar refractivity (Wildman–Crippen MR) is 93.5 cm³/mol. The molecule has 0 fully saturated rings. The molecular formula is C18H31F3N2. The Labute approximate surface area is 139 Å². The molecule has 0 unspecified atom stereocenters. The number of alkyl halides is 3. The van der Waals surface area contributed by atoms with Crippen LogP contribution >= 0.6 is 0 Å². The molecule has 0 aromatic heterocycles. The molecule has 0 aliphatic heterocycles. The molecule has 0 bridgehead atoms. The van der Waals surface area contributed by atoms with Crippen LogP contribution in [0.2, 0.25) is 0 Å². The number of allylic oxidation sites excluding steroid dienone is 1. The molecule has 1 rings (SSSR count). The predicted octanol–water partition coefficient (Wildman–Crippen LogP) is 5.11. The fourth-order valence-corrected chi connectivity index (χ4v) is 1.37. The number of halogens is 3. The van der Waals surface area contributed by atoms with Crippen LogP contribution < -0.4 is 10.6 Å². The molecule has 5 heteroatoms. The summed E-state index contributed by atoms with van der Waals surface area (Å²) in [5.74, 6) is 0. The summed E-state index contributed by atoms with van der Waals surface area (Å²) in [7, 11) is 1.93. The number of nitrogens with one attached hydrogen (secondary N) is 2. The largest absolute Gasteiger partial charge is 0.392 e. The highest BCUT2D eigenvalue weighted by molar-refractivity contribution is 5.29. The molecule has 134 valence electrons. The number of benzene rings is 1. The lowest BCUT2D eigenvalue weighted by molar-refractivity contribution is -0.125. The highest BCUT2D eigenvalue weighted by atomic mass is 19.4. The second-order valence-corrected chi connectivity index (χ2v) is 4.73. The van der Waals surface area contributed by atoms with Gasteiger partial charge >= 0.3 is 6.18 Å². The van der Waals surface area contributed by atoms with Crippen molar-refractivity contribution >= 4 is 0 Å². The molecule has 0 saturated carbocycles. The topological polar surface area (TPSA) is 24.1 Å². The smallest absolute Gasteiger partial charge is 0.387 e. The number of hydrogen-bond acceptors (Lipinski definition) is 2. The van der Waals surface area contributed by atoms with E-state index in [1.165, 1.54) is 17.3 Å². The summed E-state index contributed by atoms with van der Waals surface area (Å²) in [6, 6.07) is 6.00. The first-order valence-corrected chi connectivity index (χ1v) is 7.96. The van der Waals surface area contributed by atoms with Crippen molar-refractivity contribution in [2.24, 2.45) is 0 Å². The highest BCUT2D eigenvalue weighted by Crippen LogP contribution is 2.19. The van der Waals surface area contributed by atoms with Gasteiger partial charge in [-0.3, -0.25) is 0 Å². The average molecular weight is 332 g/mol. The molecule has 2 N–H and O–H groups in total. The third kappa shape index (κ3) is 15.2. The van der Waals surface area contributed by atoms with Crippen LogP contribution in [0.15, 0.2) is 30.5 Å². The van der Waals surface area contributed by atoms with Gasteiger partial charge in [0.15, 0.2) is 0 Å². The molecule has 0 atom stereocenters. The van der Waals surface area contributed by atoms with Gasteiger partial charge in [0.1, 0.15) is 0 Å². The van der Waals surface area contributed by atoms with Gasteiger partial charge in [0, 0.05) is 6.54 Å². The summed E-state index contributed by atoms with van der Waals surface area (Å²) in [4.78, 5) is 0. The Morgan fingerprint density at radius 3 is 2.09 bits per heavy atom. The third-order valence-corrected chi connectivity index (χ3v) is 2.82. The van der Waals surface area contributed by atoms with E-state index >= 15 is 0 Å². The van der Waals surface area contributed by atoms with Gasteiger partial charge in [0.05, 0.1) is 6.42 Å². The fourth-order valence-electron chi connectivity index (χ4n) is 1.37. The van der Waals surface area contributed by atoms with E-state index in [0.717, 1.165) is 18.2 Å². The van der Waals surface area contributed by atoms with Crippen LogP contribution in [0, 0.1) is 13.8 Å². The van der Waals surface area contributed by atoms with E-state index in [4.69, 9.17) is 0 Å². The van der Waals surface area contributed by atoms with Crippen molar-refractivity contribution in [1.82, 2.24) is 10.6 Å². The van der Waals surface area contributed by atoms with Crippen molar-refractivity contribution in [2.75, 3.05) is 13.6 Å². The molecular weight excluding hydrogens is 301 g/mol. The average Bonchev–Trinajstić information content (AvgIpc) is 2.51. The summed E-state index contributed by atoms with van der Waals surface area (Å²) >= 11 is 0. The van der Waals surface area contributed by atoms with Crippen molar-refractivity contribution in [2.45, 2.75) is 53.8 Å². The van der Waals surface area contributed by atoms with Crippen LogP contribution in [0.4, 0.5) is 13.2 Å². The lowest BCUT2D eigenvalue weighted by atomic mass is 10.1. The standard InChI is InChI=1S/C13H16F3N.C3H9N.C2H6/c1-10-4-5-12(8-11(10)2)9-17-7-3-6-13(14,15)16;1-3-4-2;1-2/h3-5,7-8,17H,6,9H2,1-2H3;4H,3H2,1-2H3;1-2H3/b7-3+;;. The molecule has 0 spiro atoms. The molecule has 1 aromatic carbocycles. The van der Waals surface area contributed by atoms with E-state index in [9.17, 15) is 13.2 Å². The molecule has 0 saturated heterocycles. The zero-order chi connectivity index (χ0) is 18.3. The van der Waals surface area contributed by atoms with Gasteiger partial charge in [-0.25, -0.2) is 0 Å². The van der Waals surface area contributed by atoms with Crippen LogP contribution in [-0.2, 0) is 6.54 Å². The number of hydrogen-bond donors (Lipinski definition) is 2. The summed E-state index contributed by atoms with van der Waals surface area (Å²) in [5.41, 5.74) is 3.45. The van der Waals surface area contributed by atoms with Gasteiger partial charge in [0.2, 0.25) is 0 Å². The number of aryl methyl sites for hydroxylation is 2. The van der Waals surface area contributed by atoms with E-state index in [1.807, 2.05) is 52.9 Å². The quantitative estimate of drug-likeness (QED) is 0.783. The molecule has 0 aliphatic carbocycles. The molecule has 2 nitrogen and oxygen atoms in total. The third-order valence-electron chi connectivity index (χ3n) is 2.82. The van der Waals surface area contributed by atoms with E-state index in [0.29, 0.717) is 6.54 Å². The summed E-state index contributed by atoms with van der Waals surface area (Å²) in [6.45, 7) is 11.7. The van der Waals surface area contributed by atoms with Crippen LogP contribution in [0.1, 0.15) is 43.9 Å². The van der Waals surface area contributed by atoms with Gasteiger partial charge in [-0.1, -0.05) is 45.0 Å². The Morgan fingerprint density at radius 2 is 1.65 bits per heavy atom. The summed E-state index contributed by atoms with van der Waals surface area (Å²) < 4.78 is 35.5. The maximum atomic E-state index is 11.8. The van der Waals surface area contributed by atoms with E-state index < -0.39 is 12.6 Å². The SMILES string of the molecule is CC.CCNC.Cc1ccc(CN/C=C/CC(F)(F)F)cc1C. The van der Waals surface area contributed by atoms with Gasteiger partial charge < -0.3 is 10.6 Å². The Kier molecular flexibility index (Phi) is 14.6. The summed E-state index contributed by atoms with van der Waals surface area (Å²) in [6.07, 6.45) is -2.59. The Balaban J connectivity index is 0. The fraction of sp³-hybridized carbons (Fsp3) is 0.556. The van der Waals surface area contributed by atoms with Crippen LogP contribution in [0.25, 0.3) is 0 Å². The molecule has 23 heavy (non-hydrogen) atoms. The maximum Gasteiger partial charge on any atom is 0.392 e. The Hall–Kier alpha value is -1.49. The lowest BCUT2D eigenvalue weighted by Gasteiger charge is -2.05. The minimum absolute atomic E-state index is 0.537. The minimum atomic E-state index is -4.13. The van der Waals surface area contributed by atoms with E-state index in [2.05, 4.69) is 17.6 Å². The van der Waals surface area contributed by atoms with Gasteiger partial charge in [0.25, 0.3) is 0 Å².